The Bertz CT molecular complexity index is 953. The number of aromatic amines is 1. The van der Waals surface area contributed by atoms with Crippen LogP contribution in [-0.2, 0) is 0 Å². The molecule has 1 aliphatic heterocycles. The number of anilines is 1. The molecule has 2 N–H and O–H groups in total. The normalized spacial score (nSPS) is 16.2. The number of amides is 1. The second-order valence-corrected chi connectivity index (χ2v) is 7.22. The van der Waals surface area contributed by atoms with Crippen LogP contribution < -0.4 is 15.0 Å². The van der Waals surface area contributed by atoms with Crippen molar-refractivity contribution >= 4 is 23.3 Å². The first kappa shape index (κ1) is 18.4. The van der Waals surface area contributed by atoms with Gasteiger partial charge in [-0.15, -0.1) is 0 Å². The summed E-state index contributed by atoms with van der Waals surface area (Å²) in [5.41, 5.74) is 2.60. The van der Waals surface area contributed by atoms with Crippen molar-refractivity contribution in [1.82, 2.24) is 15.5 Å². The van der Waals surface area contributed by atoms with Gasteiger partial charge in [0.15, 0.2) is 5.82 Å². The summed E-state index contributed by atoms with van der Waals surface area (Å²) in [5.74, 6) is 1.54. The minimum atomic E-state index is -0.0709. The molecule has 6 nitrogen and oxygen atoms in total. The van der Waals surface area contributed by atoms with Crippen LogP contribution in [0.3, 0.4) is 0 Å². The van der Waals surface area contributed by atoms with Gasteiger partial charge < -0.3 is 15.0 Å². The zero-order valence-electron chi connectivity index (χ0n) is 15.5. The Kier molecular flexibility index (Phi) is 5.21. The van der Waals surface area contributed by atoms with Gasteiger partial charge in [0.25, 0.3) is 5.91 Å². The number of methoxy groups -OCH3 is 1. The maximum absolute atomic E-state index is 12.5. The number of halogens is 1. The van der Waals surface area contributed by atoms with Gasteiger partial charge in [0.1, 0.15) is 5.75 Å². The summed E-state index contributed by atoms with van der Waals surface area (Å²) in [5, 5.41) is 11.3. The van der Waals surface area contributed by atoms with Gasteiger partial charge in [0.2, 0.25) is 0 Å². The fourth-order valence-corrected chi connectivity index (χ4v) is 3.47. The molecule has 0 radical (unpaired) electrons. The number of nitrogens with zero attached hydrogens (tertiary/aromatic N) is 2. The van der Waals surface area contributed by atoms with E-state index in [9.17, 15) is 4.79 Å². The van der Waals surface area contributed by atoms with Crippen molar-refractivity contribution in [3.8, 4) is 17.0 Å². The van der Waals surface area contributed by atoms with E-state index in [2.05, 4.69) is 20.4 Å². The van der Waals surface area contributed by atoms with Crippen molar-refractivity contribution in [3.05, 3.63) is 65.2 Å². The van der Waals surface area contributed by atoms with Crippen LogP contribution in [-0.4, -0.2) is 42.3 Å². The molecule has 2 heterocycles. The summed E-state index contributed by atoms with van der Waals surface area (Å²) >= 11 is 5.95. The highest BCUT2D eigenvalue weighted by atomic mass is 35.5. The molecule has 4 rings (SSSR count). The molecule has 1 fully saturated rings. The van der Waals surface area contributed by atoms with E-state index < -0.39 is 0 Å². The van der Waals surface area contributed by atoms with Crippen molar-refractivity contribution in [2.24, 2.45) is 0 Å². The van der Waals surface area contributed by atoms with Gasteiger partial charge in [-0.25, -0.2) is 0 Å². The smallest absolute Gasteiger partial charge is 0.251 e. The molecule has 7 heteroatoms. The molecule has 28 heavy (non-hydrogen) atoms. The molecule has 1 atom stereocenters. The molecule has 2 aromatic carbocycles. The number of rotatable bonds is 5. The van der Waals surface area contributed by atoms with Gasteiger partial charge in [0, 0.05) is 35.8 Å². The zero-order chi connectivity index (χ0) is 19.5. The lowest BCUT2D eigenvalue weighted by molar-refractivity contribution is 0.0940. The van der Waals surface area contributed by atoms with Crippen LogP contribution in [0, 0.1) is 0 Å². The highest BCUT2D eigenvalue weighted by Gasteiger charge is 2.26. The van der Waals surface area contributed by atoms with E-state index in [4.69, 9.17) is 16.3 Å². The largest absolute Gasteiger partial charge is 0.497 e. The van der Waals surface area contributed by atoms with Gasteiger partial charge in [-0.2, -0.15) is 5.10 Å². The average Bonchev–Trinajstić information content (AvgIpc) is 3.38. The van der Waals surface area contributed by atoms with E-state index in [1.165, 1.54) is 0 Å². The summed E-state index contributed by atoms with van der Waals surface area (Å²) in [6, 6.07) is 16.9. The number of hydrogen-bond donors (Lipinski definition) is 2. The summed E-state index contributed by atoms with van der Waals surface area (Å²) in [4.78, 5) is 14.6. The number of hydrogen-bond acceptors (Lipinski definition) is 4. The van der Waals surface area contributed by atoms with E-state index in [0.29, 0.717) is 10.6 Å². The number of ether oxygens (including phenoxy) is 1. The van der Waals surface area contributed by atoms with Crippen LogP contribution in [0.5, 0.6) is 5.75 Å². The molecule has 0 spiro atoms. The number of carbonyl (C=O) groups is 1. The van der Waals surface area contributed by atoms with E-state index >= 15 is 0 Å². The minimum Gasteiger partial charge on any atom is -0.497 e. The Labute approximate surface area is 168 Å². The molecule has 0 saturated carbocycles. The molecule has 1 saturated heterocycles. The molecule has 1 aliphatic rings. The fraction of sp³-hybridized carbons (Fsp3) is 0.238. The summed E-state index contributed by atoms with van der Waals surface area (Å²) in [7, 11) is 1.61. The third-order valence-electron chi connectivity index (χ3n) is 4.92. The van der Waals surface area contributed by atoms with Crippen LogP contribution in [0.1, 0.15) is 16.8 Å². The molecule has 0 unspecified atom stereocenters. The first-order valence-corrected chi connectivity index (χ1v) is 9.51. The van der Waals surface area contributed by atoms with Gasteiger partial charge in [0.05, 0.1) is 12.8 Å². The minimum absolute atomic E-state index is 0.0709. The number of H-pyrrole nitrogens is 1. The predicted molar refractivity (Wildman–Crippen MR) is 110 cm³/mol. The van der Waals surface area contributed by atoms with Gasteiger partial charge in [-0.1, -0.05) is 23.7 Å². The van der Waals surface area contributed by atoms with Crippen LogP contribution in [0.2, 0.25) is 5.02 Å². The second-order valence-electron chi connectivity index (χ2n) is 6.78. The molecule has 0 aliphatic carbocycles. The molecule has 144 valence electrons. The van der Waals surface area contributed by atoms with Crippen molar-refractivity contribution < 1.29 is 9.53 Å². The van der Waals surface area contributed by atoms with Crippen molar-refractivity contribution in [2.75, 3.05) is 25.1 Å². The van der Waals surface area contributed by atoms with Crippen molar-refractivity contribution in [2.45, 2.75) is 12.5 Å². The number of carbonyl (C=O) groups excluding carboxylic acids is 1. The SMILES string of the molecule is COc1ccc(C(=O)N[C@H]2CCN(c3cc(-c4ccc(Cl)cc4)[nH]n3)C2)cc1. The quantitative estimate of drug-likeness (QED) is 0.689. The number of aromatic nitrogens is 2. The highest BCUT2D eigenvalue weighted by Crippen LogP contribution is 2.25. The Balaban J connectivity index is 1.37. The van der Waals surface area contributed by atoms with Gasteiger partial charge in [-0.3, -0.25) is 9.89 Å². The molecule has 0 bridgehead atoms. The third kappa shape index (κ3) is 3.97. The fourth-order valence-electron chi connectivity index (χ4n) is 3.35. The van der Waals surface area contributed by atoms with Crippen molar-refractivity contribution in [1.29, 1.82) is 0 Å². The van der Waals surface area contributed by atoms with Crippen LogP contribution in [0.25, 0.3) is 11.3 Å². The summed E-state index contributed by atoms with van der Waals surface area (Å²) in [6.45, 7) is 1.57. The topological polar surface area (TPSA) is 70.2 Å². The summed E-state index contributed by atoms with van der Waals surface area (Å²) < 4.78 is 5.13. The number of benzene rings is 2. The Morgan fingerprint density at radius 3 is 2.68 bits per heavy atom. The van der Waals surface area contributed by atoms with Crippen LogP contribution in [0.15, 0.2) is 54.6 Å². The van der Waals surface area contributed by atoms with Gasteiger partial charge >= 0.3 is 0 Å². The van der Waals surface area contributed by atoms with E-state index in [-0.39, 0.29) is 11.9 Å². The lowest BCUT2D eigenvalue weighted by atomic mass is 10.1. The maximum Gasteiger partial charge on any atom is 0.251 e. The molecule has 1 aromatic heterocycles. The second kappa shape index (κ2) is 7.94. The first-order valence-electron chi connectivity index (χ1n) is 9.13. The Hall–Kier alpha value is -2.99. The van der Waals surface area contributed by atoms with Crippen LogP contribution >= 0.6 is 11.6 Å². The average molecular weight is 397 g/mol. The standard InChI is InChI=1S/C21H21ClN4O2/c1-28-18-8-4-15(5-9-18)21(27)23-17-10-11-26(13-17)20-12-19(24-25-20)14-2-6-16(22)7-3-14/h2-9,12,17H,10-11,13H2,1H3,(H,23,27)(H,24,25)/t17-/m0/s1. The van der Waals surface area contributed by atoms with Crippen LogP contribution in [0.4, 0.5) is 5.82 Å². The Morgan fingerprint density at radius 2 is 1.96 bits per heavy atom. The monoisotopic (exact) mass is 396 g/mol. The third-order valence-corrected chi connectivity index (χ3v) is 5.17. The molecular weight excluding hydrogens is 376 g/mol. The maximum atomic E-state index is 12.5. The van der Waals surface area contributed by atoms with Crippen molar-refractivity contribution in [3.63, 3.8) is 0 Å². The van der Waals surface area contributed by atoms with E-state index in [0.717, 1.165) is 42.3 Å². The first-order chi connectivity index (χ1) is 13.6. The molecule has 3 aromatic rings. The lowest BCUT2D eigenvalue weighted by Crippen LogP contribution is -2.37. The molecule has 1 amide bonds. The van der Waals surface area contributed by atoms with E-state index in [1.54, 1.807) is 31.4 Å². The zero-order valence-corrected chi connectivity index (χ0v) is 16.2. The summed E-state index contributed by atoms with van der Waals surface area (Å²) in [6.07, 6.45) is 0.880. The molecular formula is C21H21ClN4O2. The van der Waals surface area contributed by atoms with E-state index in [1.807, 2.05) is 30.3 Å². The number of nitrogens with one attached hydrogen (secondary N) is 2. The highest BCUT2D eigenvalue weighted by molar-refractivity contribution is 6.30. The predicted octanol–water partition coefficient (Wildman–Crippen LogP) is 3.75. The Morgan fingerprint density at radius 1 is 1.21 bits per heavy atom. The lowest BCUT2D eigenvalue weighted by Gasteiger charge is -2.16. The van der Waals surface area contributed by atoms with Gasteiger partial charge in [-0.05, 0) is 48.4 Å².